The van der Waals surface area contributed by atoms with Gasteiger partial charge in [-0.15, -0.1) is 9.98 Å². The topological polar surface area (TPSA) is 153 Å². The van der Waals surface area contributed by atoms with E-state index in [9.17, 15) is 0 Å². The zero-order valence-electron chi connectivity index (χ0n) is 7.70. The van der Waals surface area contributed by atoms with Gasteiger partial charge in [-0.2, -0.15) is 11.4 Å². The SMILES string of the molecule is CNOOONOOOOOON.CO. The smallest absolute Gasteiger partial charge is 0.0319 e. The van der Waals surface area contributed by atoms with Crippen LogP contribution in [0.5, 0.6) is 0 Å². The molecule has 15 heavy (non-hydrogen) atoms. The summed E-state index contributed by atoms with van der Waals surface area (Å²) >= 11 is 0. The van der Waals surface area contributed by atoms with Crippen LogP contribution in [-0.4, -0.2) is 19.3 Å². The van der Waals surface area contributed by atoms with Crippen molar-refractivity contribution in [2.24, 2.45) is 5.90 Å². The lowest BCUT2D eigenvalue weighted by Crippen LogP contribution is -2.19. The first-order chi connectivity index (χ1) is 7.41. The molecular weight excluding hydrogens is 226 g/mol. The minimum atomic E-state index is 1.00. The molecule has 0 aliphatic carbocycles. The number of hydrogen-bond acceptors (Lipinski definition) is 13. The molecule has 0 amide bonds. The second kappa shape index (κ2) is 19.1. The molecule has 0 saturated heterocycles. The van der Waals surface area contributed by atoms with Crippen LogP contribution in [0.3, 0.4) is 0 Å². The van der Waals surface area contributed by atoms with Crippen molar-refractivity contribution in [3.8, 4) is 0 Å². The first kappa shape index (κ1) is 16.9. The van der Waals surface area contributed by atoms with Crippen molar-refractivity contribution in [2.75, 3.05) is 14.2 Å². The molecule has 0 aliphatic rings. The second-order valence-electron chi connectivity index (χ2n) is 0.974. The highest BCUT2D eigenvalue weighted by Gasteiger charge is 1.92. The van der Waals surface area contributed by atoms with Crippen LogP contribution >= 0.6 is 0 Å². The Balaban J connectivity index is 0. The van der Waals surface area contributed by atoms with Gasteiger partial charge in [0.25, 0.3) is 0 Å². The third-order valence-electron chi connectivity index (χ3n) is 0.376. The van der Waals surface area contributed by atoms with Gasteiger partial charge < -0.3 is 5.11 Å². The molecule has 0 unspecified atom stereocenters. The van der Waals surface area contributed by atoms with E-state index in [4.69, 9.17) is 5.11 Å². The molecule has 0 bridgehead atoms. The van der Waals surface area contributed by atoms with E-state index in [1.54, 1.807) is 5.64 Å². The number of aliphatic hydroxyl groups excluding tert-OH is 1. The Hall–Kier alpha value is -0.520. The van der Waals surface area contributed by atoms with Crippen LogP contribution in [0.15, 0.2) is 0 Å². The van der Waals surface area contributed by atoms with E-state index < -0.39 is 0 Å². The molecule has 0 rings (SSSR count). The quantitative estimate of drug-likeness (QED) is 0.181. The van der Waals surface area contributed by atoms with Gasteiger partial charge in [0, 0.05) is 14.2 Å². The van der Waals surface area contributed by atoms with E-state index in [1.165, 1.54) is 7.05 Å². The zero-order chi connectivity index (χ0) is 11.8. The minimum Gasteiger partial charge on any atom is -0.400 e. The highest BCUT2D eigenvalue weighted by atomic mass is 17.8. The average molecular weight is 237 g/mol. The van der Waals surface area contributed by atoms with E-state index in [2.05, 4.69) is 56.5 Å². The number of nitrogens with two attached hydrogens (primary N) is 1. The third-order valence-corrected chi connectivity index (χ3v) is 0.376. The Morgan fingerprint density at radius 1 is 0.867 bits per heavy atom. The maximum atomic E-state index is 7.00. The number of rotatable bonds is 10. The van der Waals surface area contributed by atoms with Crippen molar-refractivity contribution < 1.29 is 50.3 Å². The van der Waals surface area contributed by atoms with E-state index in [0.717, 1.165) is 7.11 Å². The van der Waals surface area contributed by atoms with Crippen LogP contribution in [0, 0.1) is 0 Å². The highest BCUT2D eigenvalue weighted by molar-refractivity contribution is 3.70. The van der Waals surface area contributed by atoms with Gasteiger partial charge in [0.05, 0.1) is 0 Å². The molecule has 13 heteroatoms. The molecule has 0 atom stereocenters. The lowest BCUT2D eigenvalue weighted by molar-refractivity contribution is -0.775. The standard InChI is InChI=1S/CH7N3O9.CH4O/c1-3-6-10-7-4-8-11-13-12-9-5-2;1-2/h3-4H,2H2,1H3;2H,1H3. The molecule has 0 aliphatic heterocycles. The van der Waals surface area contributed by atoms with Gasteiger partial charge in [-0.05, 0) is 30.8 Å². The molecule has 13 nitrogen and oxygen atoms in total. The molecule has 0 fully saturated rings. The maximum Gasteiger partial charge on any atom is 0.0319 e. The predicted molar refractivity (Wildman–Crippen MR) is 34.3 cm³/mol. The summed E-state index contributed by atoms with van der Waals surface area (Å²) in [7, 11) is 2.42. The van der Waals surface area contributed by atoms with Crippen LogP contribution in [0.2, 0.25) is 0 Å². The fourth-order valence-corrected chi connectivity index (χ4v) is 0.145. The first-order valence-corrected chi connectivity index (χ1v) is 2.96. The number of hydroxylamine groups is 1. The molecule has 0 saturated carbocycles. The van der Waals surface area contributed by atoms with Gasteiger partial charge in [0.2, 0.25) is 0 Å². The van der Waals surface area contributed by atoms with Gasteiger partial charge in [-0.25, -0.2) is 0 Å². The van der Waals surface area contributed by atoms with Gasteiger partial charge in [0.1, 0.15) is 0 Å². The van der Waals surface area contributed by atoms with Crippen LogP contribution in [0.4, 0.5) is 0 Å². The summed E-state index contributed by atoms with van der Waals surface area (Å²) in [6, 6.07) is 0. The van der Waals surface area contributed by atoms with Gasteiger partial charge in [0.15, 0.2) is 0 Å². The van der Waals surface area contributed by atoms with Gasteiger partial charge in [-0.1, -0.05) is 9.98 Å². The number of aliphatic hydroxyl groups is 1. The molecule has 0 aromatic rings. The zero-order valence-corrected chi connectivity index (χ0v) is 7.70. The highest BCUT2D eigenvalue weighted by Crippen LogP contribution is 1.82. The van der Waals surface area contributed by atoms with Gasteiger partial charge >= 0.3 is 0 Å². The van der Waals surface area contributed by atoms with E-state index in [0.29, 0.717) is 0 Å². The minimum absolute atomic E-state index is 1.00. The van der Waals surface area contributed by atoms with Gasteiger partial charge in [-0.3, -0.25) is 0 Å². The number of hydrogen-bond donors (Lipinski definition) is 4. The Morgan fingerprint density at radius 3 is 2.07 bits per heavy atom. The van der Waals surface area contributed by atoms with Crippen LogP contribution in [-0.2, 0) is 45.1 Å². The Labute approximate surface area is 82.7 Å². The van der Waals surface area contributed by atoms with Crippen molar-refractivity contribution in [1.82, 2.24) is 11.1 Å². The van der Waals surface area contributed by atoms with E-state index >= 15 is 0 Å². The summed E-state index contributed by atoms with van der Waals surface area (Å²) in [5, 5.41) is 25.1. The van der Waals surface area contributed by atoms with Crippen molar-refractivity contribution in [3.05, 3.63) is 0 Å². The van der Waals surface area contributed by atoms with Crippen LogP contribution in [0.1, 0.15) is 0 Å². The lowest BCUT2D eigenvalue weighted by Gasteiger charge is -2.00. The monoisotopic (exact) mass is 237 g/mol. The Bertz CT molecular complexity index is 84.7. The molecule has 94 valence electrons. The van der Waals surface area contributed by atoms with Crippen molar-refractivity contribution in [1.29, 1.82) is 0 Å². The predicted octanol–water partition coefficient (Wildman–Crippen LogP) is -2.42. The molecule has 5 N–H and O–H groups in total. The number of nitrogens with one attached hydrogen (secondary N) is 2. The molecule has 0 radical (unpaired) electrons. The maximum absolute atomic E-state index is 7.00. The Kier molecular flexibility index (Phi) is 21.5. The summed E-state index contributed by atoms with van der Waals surface area (Å²) in [6.45, 7) is 0. The van der Waals surface area contributed by atoms with E-state index in [1.807, 2.05) is 0 Å². The molecule has 0 aromatic carbocycles. The van der Waals surface area contributed by atoms with Crippen molar-refractivity contribution in [2.45, 2.75) is 0 Å². The normalized spacial score (nSPS) is 9.60. The summed E-state index contributed by atoms with van der Waals surface area (Å²) < 4.78 is 0. The third kappa shape index (κ3) is 19.8. The lowest BCUT2D eigenvalue weighted by atomic mass is 11.6. The molecular formula is C2H11N3O10. The van der Waals surface area contributed by atoms with Crippen molar-refractivity contribution >= 4 is 0 Å². The van der Waals surface area contributed by atoms with Crippen LogP contribution in [0.25, 0.3) is 0 Å². The summed E-state index contributed by atoms with van der Waals surface area (Å²) in [4.78, 5) is 15.1. The molecule has 0 heterocycles. The van der Waals surface area contributed by atoms with Crippen LogP contribution < -0.4 is 17.0 Å². The largest absolute Gasteiger partial charge is 0.400 e. The molecule has 0 aromatic heterocycles. The second-order valence-corrected chi connectivity index (χ2v) is 0.974. The first-order valence-electron chi connectivity index (χ1n) is 2.96. The molecule has 0 spiro atoms. The fourth-order valence-electron chi connectivity index (χ4n) is 0.145. The fraction of sp³-hybridized carbons (Fsp3) is 1.00. The average Bonchev–Trinajstić information content (AvgIpc) is 2.30. The summed E-state index contributed by atoms with van der Waals surface area (Å²) in [5.41, 5.74) is 3.65. The van der Waals surface area contributed by atoms with Crippen molar-refractivity contribution in [3.63, 3.8) is 0 Å². The summed E-state index contributed by atoms with van der Waals surface area (Å²) in [5.74, 6) is 4.32. The summed E-state index contributed by atoms with van der Waals surface area (Å²) in [6.07, 6.45) is 0. The Morgan fingerprint density at radius 2 is 1.47 bits per heavy atom. The van der Waals surface area contributed by atoms with E-state index in [-0.39, 0.29) is 0 Å².